The van der Waals surface area contributed by atoms with Gasteiger partial charge in [-0.2, -0.15) is 13.2 Å². The molecule has 2 amide bonds. The molecule has 1 aromatic rings. The van der Waals surface area contributed by atoms with Crippen LogP contribution in [0.5, 0.6) is 0 Å². The normalized spacial score (nSPS) is 24.9. The van der Waals surface area contributed by atoms with E-state index in [4.69, 9.17) is 0 Å². The molecule has 0 saturated carbocycles. The second-order valence-corrected chi connectivity index (χ2v) is 7.51. The Morgan fingerprint density at radius 3 is 2.54 bits per heavy atom. The molecule has 28 heavy (non-hydrogen) atoms. The van der Waals surface area contributed by atoms with Crippen LogP contribution in [0.15, 0.2) is 18.2 Å². The fraction of sp³-hybridized carbons (Fsp3) is 0.579. The molecule has 0 aliphatic carbocycles. The molecule has 2 unspecified atom stereocenters. The monoisotopic (exact) mass is 417 g/mol. The molecular weight excluding hydrogens is 395 g/mol. The number of alkyl halides is 3. The molecule has 2 bridgehead atoms. The van der Waals surface area contributed by atoms with Crippen molar-refractivity contribution in [1.82, 2.24) is 10.2 Å². The van der Waals surface area contributed by atoms with Gasteiger partial charge in [-0.1, -0.05) is 0 Å². The molecule has 1 aromatic carbocycles. The smallest absolute Gasteiger partial charge is 0.331 e. The van der Waals surface area contributed by atoms with E-state index in [2.05, 4.69) is 5.32 Å². The maximum absolute atomic E-state index is 13.4. The molecule has 0 spiro atoms. The summed E-state index contributed by atoms with van der Waals surface area (Å²) in [5, 5.41) is 3.29. The standard InChI is InChI=1S/C19H22F3N3O2.ClH/c20-19(21,22)13-8-12(9-16(10-13)24-7-1-2-17(24)26)18(27)25-14-3-4-15(25)11-23-6-5-14;/h8-10,14-15,23H,1-7,11H2;1H. The van der Waals surface area contributed by atoms with Gasteiger partial charge < -0.3 is 15.1 Å². The molecule has 4 rings (SSSR count). The Labute approximate surface area is 167 Å². The van der Waals surface area contributed by atoms with Crippen LogP contribution in [0, 0.1) is 0 Å². The van der Waals surface area contributed by atoms with Crippen LogP contribution in [0.25, 0.3) is 0 Å². The highest BCUT2D eigenvalue weighted by molar-refractivity contribution is 5.99. The van der Waals surface area contributed by atoms with Gasteiger partial charge in [0.1, 0.15) is 0 Å². The largest absolute Gasteiger partial charge is 0.416 e. The van der Waals surface area contributed by atoms with Crippen molar-refractivity contribution >= 4 is 29.9 Å². The number of nitrogens with zero attached hydrogens (tertiary/aromatic N) is 2. The molecule has 2 atom stereocenters. The topological polar surface area (TPSA) is 52.7 Å². The number of anilines is 1. The number of fused-ring (bicyclic) bond motifs is 2. The van der Waals surface area contributed by atoms with Crippen molar-refractivity contribution in [2.45, 2.75) is 50.4 Å². The number of halogens is 4. The van der Waals surface area contributed by atoms with Gasteiger partial charge in [-0.25, -0.2) is 0 Å². The van der Waals surface area contributed by atoms with Gasteiger partial charge in [0.2, 0.25) is 5.91 Å². The minimum Gasteiger partial charge on any atom is -0.331 e. The first-order chi connectivity index (χ1) is 12.8. The van der Waals surface area contributed by atoms with Crippen LogP contribution in [0.1, 0.15) is 48.0 Å². The first kappa shape index (κ1) is 20.9. The fourth-order valence-electron chi connectivity index (χ4n) is 4.44. The van der Waals surface area contributed by atoms with Crippen molar-refractivity contribution < 1.29 is 22.8 Å². The molecule has 154 valence electrons. The highest BCUT2D eigenvalue weighted by atomic mass is 35.5. The van der Waals surface area contributed by atoms with E-state index >= 15 is 0 Å². The second kappa shape index (κ2) is 7.91. The van der Waals surface area contributed by atoms with Gasteiger partial charge in [0.15, 0.2) is 0 Å². The number of hydrogen-bond acceptors (Lipinski definition) is 3. The van der Waals surface area contributed by atoms with Gasteiger partial charge in [-0.05, 0) is 50.4 Å². The molecule has 0 aromatic heterocycles. The van der Waals surface area contributed by atoms with Crippen LogP contribution in [0.2, 0.25) is 0 Å². The molecule has 3 saturated heterocycles. The zero-order valence-electron chi connectivity index (χ0n) is 15.3. The number of nitrogens with one attached hydrogen (secondary N) is 1. The summed E-state index contributed by atoms with van der Waals surface area (Å²) in [5.74, 6) is -0.572. The molecule has 9 heteroatoms. The van der Waals surface area contributed by atoms with Crippen molar-refractivity contribution in [2.24, 2.45) is 0 Å². The summed E-state index contributed by atoms with van der Waals surface area (Å²) in [5.41, 5.74) is -0.711. The first-order valence-electron chi connectivity index (χ1n) is 9.40. The Kier molecular flexibility index (Phi) is 5.91. The van der Waals surface area contributed by atoms with Crippen molar-refractivity contribution in [1.29, 1.82) is 0 Å². The molecule has 3 aliphatic rings. The highest BCUT2D eigenvalue weighted by Gasteiger charge is 2.40. The van der Waals surface area contributed by atoms with E-state index in [9.17, 15) is 22.8 Å². The average molecular weight is 418 g/mol. The molecule has 5 nitrogen and oxygen atoms in total. The third-order valence-corrected chi connectivity index (χ3v) is 5.77. The summed E-state index contributed by atoms with van der Waals surface area (Å²) >= 11 is 0. The molecule has 3 fully saturated rings. The van der Waals surface area contributed by atoms with E-state index in [0.717, 1.165) is 37.9 Å². The summed E-state index contributed by atoms with van der Waals surface area (Å²) in [6.45, 7) is 1.85. The molecule has 3 aliphatic heterocycles. The van der Waals surface area contributed by atoms with Crippen LogP contribution >= 0.6 is 12.4 Å². The summed E-state index contributed by atoms with van der Waals surface area (Å²) < 4.78 is 40.3. The van der Waals surface area contributed by atoms with Crippen molar-refractivity contribution in [2.75, 3.05) is 24.5 Å². The minimum absolute atomic E-state index is 0. The number of carbonyl (C=O) groups is 2. The van der Waals surface area contributed by atoms with Gasteiger partial charge in [0.25, 0.3) is 5.91 Å². The quantitative estimate of drug-likeness (QED) is 0.804. The maximum Gasteiger partial charge on any atom is 0.416 e. The molecular formula is C19H23ClF3N3O2. The lowest BCUT2D eigenvalue weighted by molar-refractivity contribution is -0.137. The summed E-state index contributed by atoms with van der Waals surface area (Å²) in [7, 11) is 0. The number of carbonyl (C=O) groups excluding carboxylic acids is 2. The van der Waals surface area contributed by atoms with E-state index in [1.165, 1.54) is 11.0 Å². The summed E-state index contributed by atoms with van der Waals surface area (Å²) in [6.07, 6.45) is -1.10. The van der Waals surface area contributed by atoms with Gasteiger partial charge >= 0.3 is 6.18 Å². The Morgan fingerprint density at radius 1 is 1.11 bits per heavy atom. The van der Waals surface area contributed by atoms with Crippen LogP contribution < -0.4 is 10.2 Å². The summed E-state index contributed by atoms with van der Waals surface area (Å²) in [4.78, 5) is 28.3. The molecule has 1 N–H and O–H groups in total. The summed E-state index contributed by atoms with van der Waals surface area (Å²) in [6, 6.07) is 3.40. The minimum atomic E-state index is -4.58. The van der Waals surface area contributed by atoms with Crippen molar-refractivity contribution in [3.63, 3.8) is 0 Å². The number of rotatable bonds is 2. The van der Waals surface area contributed by atoms with E-state index in [0.29, 0.717) is 25.9 Å². The molecule has 0 radical (unpaired) electrons. The fourth-order valence-corrected chi connectivity index (χ4v) is 4.44. The Morgan fingerprint density at radius 2 is 1.86 bits per heavy atom. The Balaban J connectivity index is 0.00000225. The van der Waals surface area contributed by atoms with E-state index in [-0.39, 0.29) is 47.6 Å². The van der Waals surface area contributed by atoms with E-state index in [1.807, 2.05) is 0 Å². The van der Waals surface area contributed by atoms with Crippen LogP contribution in [0.3, 0.4) is 0 Å². The van der Waals surface area contributed by atoms with Crippen molar-refractivity contribution in [3.05, 3.63) is 29.3 Å². The number of amides is 2. The molecule has 3 heterocycles. The predicted octanol–water partition coefficient (Wildman–Crippen LogP) is 3.22. The van der Waals surface area contributed by atoms with Gasteiger partial charge in [-0.3, -0.25) is 9.59 Å². The lowest BCUT2D eigenvalue weighted by Gasteiger charge is -2.29. The predicted molar refractivity (Wildman–Crippen MR) is 101 cm³/mol. The highest BCUT2D eigenvalue weighted by Crippen LogP contribution is 2.36. The zero-order chi connectivity index (χ0) is 19.2. The Bertz CT molecular complexity index is 757. The van der Waals surface area contributed by atoms with Crippen LogP contribution in [-0.2, 0) is 11.0 Å². The Hall–Kier alpha value is -1.80. The lowest BCUT2D eigenvalue weighted by Crippen LogP contribution is -2.42. The maximum atomic E-state index is 13.4. The first-order valence-corrected chi connectivity index (χ1v) is 9.40. The van der Waals surface area contributed by atoms with Gasteiger partial charge in [0.05, 0.1) is 5.56 Å². The lowest BCUT2D eigenvalue weighted by atomic mass is 10.1. The van der Waals surface area contributed by atoms with E-state index in [1.54, 1.807) is 4.90 Å². The van der Waals surface area contributed by atoms with Crippen LogP contribution in [-0.4, -0.2) is 48.4 Å². The van der Waals surface area contributed by atoms with Gasteiger partial charge in [-0.15, -0.1) is 12.4 Å². The third-order valence-electron chi connectivity index (χ3n) is 5.77. The average Bonchev–Trinajstić information content (AvgIpc) is 3.14. The number of hydrogen-bond donors (Lipinski definition) is 1. The van der Waals surface area contributed by atoms with Crippen molar-refractivity contribution in [3.8, 4) is 0 Å². The second-order valence-electron chi connectivity index (χ2n) is 7.51. The SMILES string of the molecule is Cl.O=C1CCCN1c1cc(C(=O)N2C3CCNCC2CC3)cc(C(F)(F)F)c1. The third kappa shape index (κ3) is 3.85. The zero-order valence-corrected chi connectivity index (χ0v) is 16.1. The number of benzene rings is 1. The van der Waals surface area contributed by atoms with E-state index < -0.39 is 11.7 Å². The van der Waals surface area contributed by atoms with Gasteiger partial charge in [0, 0.05) is 42.8 Å². The van der Waals surface area contributed by atoms with Crippen LogP contribution in [0.4, 0.5) is 18.9 Å².